The van der Waals surface area contributed by atoms with E-state index in [0.29, 0.717) is 0 Å². The summed E-state index contributed by atoms with van der Waals surface area (Å²) in [4.78, 5) is 14.2. The molecule has 0 aliphatic heterocycles. The van der Waals surface area contributed by atoms with Crippen LogP contribution in [0, 0.1) is 5.41 Å². The van der Waals surface area contributed by atoms with Crippen LogP contribution in [-0.4, -0.2) is 24.4 Å². The van der Waals surface area contributed by atoms with Gasteiger partial charge in [0.1, 0.15) is 0 Å². The molecular formula is C17H21NO. The van der Waals surface area contributed by atoms with Crippen LogP contribution < -0.4 is 0 Å². The summed E-state index contributed by atoms with van der Waals surface area (Å²) in [6, 6.07) is 14.0. The van der Waals surface area contributed by atoms with Gasteiger partial charge in [-0.2, -0.15) is 0 Å². The van der Waals surface area contributed by atoms with Crippen molar-refractivity contribution in [2.24, 2.45) is 5.41 Å². The smallest absolute Gasteiger partial charge is 0.253 e. The topological polar surface area (TPSA) is 20.3 Å². The summed E-state index contributed by atoms with van der Waals surface area (Å²) in [7, 11) is 1.86. The van der Waals surface area contributed by atoms with Gasteiger partial charge in [0.2, 0.25) is 0 Å². The van der Waals surface area contributed by atoms with E-state index in [-0.39, 0.29) is 11.3 Å². The summed E-state index contributed by atoms with van der Waals surface area (Å²) in [5.74, 6) is 0.0840. The number of rotatable bonds is 2. The van der Waals surface area contributed by atoms with Crippen LogP contribution >= 0.6 is 0 Å². The molecule has 0 atom stereocenters. The Hall–Kier alpha value is -1.83. The van der Waals surface area contributed by atoms with Gasteiger partial charge in [-0.25, -0.2) is 0 Å². The zero-order chi connectivity index (χ0) is 14.0. The Balaban J connectivity index is 2.26. The molecule has 0 aliphatic carbocycles. The number of carbonyl (C=O) groups is 1. The van der Waals surface area contributed by atoms with Crippen molar-refractivity contribution in [3.05, 3.63) is 48.0 Å². The van der Waals surface area contributed by atoms with E-state index in [1.54, 1.807) is 4.90 Å². The number of hydrogen-bond donors (Lipinski definition) is 0. The monoisotopic (exact) mass is 255 g/mol. The highest BCUT2D eigenvalue weighted by molar-refractivity contribution is 5.98. The van der Waals surface area contributed by atoms with Crippen LogP contribution in [0.4, 0.5) is 0 Å². The van der Waals surface area contributed by atoms with Crippen LogP contribution in [0.15, 0.2) is 42.5 Å². The van der Waals surface area contributed by atoms with Gasteiger partial charge in [-0.3, -0.25) is 4.79 Å². The van der Waals surface area contributed by atoms with Crippen LogP contribution in [0.1, 0.15) is 31.1 Å². The predicted molar refractivity (Wildman–Crippen MR) is 80.4 cm³/mol. The molecule has 0 spiro atoms. The zero-order valence-corrected chi connectivity index (χ0v) is 12.1. The highest BCUT2D eigenvalue weighted by Gasteiger charge is 2.18. The Morgan fingerprint density at radius 3 is 2.32 bits per heavy atom. The Morgan fingerprint density at radius 2 is 1.68 bits per heavy atom. The third-order valence-corrected chi connectivity index (χ3v) is 3.05. The molecule has 0 unspecified atom stereocenters. The number of nitrogens with zero attached hydrogens (tertiary/aromatic N) is 1. The summed E-state index contributed by atoms with van der Waals surface area (Å²) >= 11 is 0. The normalized spacial score (nSPS) is 11.6. The minimum Gasteiger partial charge on any atom is -0.341 e. The Morgan fingerprint density at radius 1 is 1.05 bits per heavy atom. The first-order valence-electron chi connectivity index (χ1n) is 6.61. The lowest BCUT2D eigenvalue weighted by Crippen LogP contribution is -2.34. The molecular weight excluding hydrogens is 234 g/mol. The molecule has 0 saturated heterocycles. The molecule has 0 fully saturated rings. The number of benzene rings is 2. The van der Waals surface area contributed by atoms with E-state index in [2.05, 4.69) is 26.8 Å². The van der Waals surface area contributed by atoms with Crippen LogP contribution in [0.3, 0.4) is 0 Å². The quantitative estimate of drug-likeness (QED) is 0.795. The maximum absolute atomic E-state index is 12.4. The van der Waals surface area contributed by atoms with Crippen LogP contribution in [0.25, 0.3) is 10.8 Å². The average Bonchev–Trinajstić information content (AvgIpc) is 2.35. The summed E-state index contributed by atoms with van der Waals surface area (Å²) in [5.41, 5.74) is 0.867. The van der Waals surface area contributed by atoms with Crippen LogP contribution in [0.5, 0.6) is 0 Å². The van der Waals surface area contributed by atoms with Crippen molar-refractivity contribution in [2.75, 3.05) is 13.6 Å². The van der Waals surface area contributed by atoms with Gasteiger partial charge in [0.25, 0.3) is 5.91 Å². The van der Waals surface area contributed by atoms with Gasteiger partial charge in [0, 0.05) is 19.2 Å². The van der Waals surface area contributed by atoms with Gasteiger partial charge in [0.05, 0.1) is 0 Å². The highest BCUT2D eigenvalue weighted by atomic mass is 16.2. The molecule has 0 bridgehead atoms. The van der Waals surface area contributed by atoms with E-state index in [1.165, 1.54) is 0 Å². The largest absolute Gasteiger partial charge is 0.341 e. The molecule has 2 heteroatoms. The van der Waals surface area contributed by atoms with Crippen LogP contribution in [-0.2, 0) is 0 Å². The van der Waals surface area contributed by atoms with E-state index in [0.717, 1.165) is 22.9 Å². The molecule has 100 valence electrons. The van der Waals surface area contributed by atoms with Crippen molar-refractivity contribution in [3.63, 3.8) is 0 Å². The molecule has 2 aromatic rings. The van der Waals surface area contributed by atoms with Gasteiger partial charge in [0.15, 0.2) is 0 Å². The molecule has 0 radical (unpaired) electrons. The van der Waals surface area contributed by atoms with E-state index >= 15 is 0 Å². The summed E-state index contributed by atoms with van der Waals surface area (Å²) in [6.07, 6.45) is 0. The Bertz CT molecular complexity index is 595. The zero-order valence-electron chi connectivity index (χ0n) is 12.1. The van der Waals surface area contributed by atoms with Crippen molar-refractivity contribution in [2.45, 2.75) is 20.8 Å². The molecule has 0 saturated carbocycles. The second-order valence-electron chi connectivity index (χ2n) is 6.28. The fourth-order valence-electron chi connectivity index (χ4n) is 2.33. The molecule has 2 rings (SSSR count). The second kappa shape index (κ2) is 5.04. The number of amides is 1. The van der Waals surface area contributed by atoms with Crippen molar-refractivity contribution < 1.29 is 4.79 Å². The fourth-order valence-corrected chi connectivity index (χ4v) is 2.33. The summed E-state index contributed by atoms with van der Waals surface area (Å²) < 4.78 is 0. The summed E-state index contributed by atoms with van der Waals surface area (Å²) in [5, 5.41) is 2.27. The van der Waals surface area contributed by atoms with Crippen molar-refractivity contribution in [1.82, 2.24) is 4.90 Å². The lowest BCUT2D eigenvalue weighted by molar-refractivity contribution is 0.0746. The number of carbonyl (C=O) groups excluding carboxylic acids is 1. The first-order valence-corrected chi connectivity index (χ1v) is 6.61. The molecule has 0 N–H and O–H groups in total. The van der Waals surface area contributed by atoms with Gasteiger partial charge >= 0.3 is 0 Å². The highest BCUT2D eigenvalue weighted by Crippen LogP contribution is 2.19. The number of fused-ring (bicyclic) bond motifs is 1. The molecule has 19 heavy (non-hydrogen) atoms. The minimum absolute atomic E-state index is 0.0840. The number of hydrogen-bond acceptors (Lipinski definition) is 1. The maximum atomic E-state index is 12.4. The predicted octanol–water partition coefficient (Wildman–Crippen LogP) is 3.96. The molecule has 2 aromatic carbocycles. The minimum atomic E-state index is 0.0840. The molecule has 0 aromatic heterocycles. The Labute approximate surface area is 115 Å². The SMILES string of the molecule is CN(CC(C)(C)C)C(=O)c1ccc2ccccc2c1. The van der Waals surface area contributed by atoms with Gasteiger partial charge in [-0.15, -0.1) is 0 Å². The molecule has 0 aliphatic rings. The van der Waals surface area contributed by atoms with Gasteiger partial charge in [-0.1, -0.05) is 51.1 Å². The van der Waals surface area contributed by atoms with Gasteiger partial charge < -0.3 is 4.90 Å². The lowest BCUT2D eigenvalue weighted by Gasteiger charge is -2.26. The first-order chi connectivity index (χ1) is 8.87. The summed E-state index contributed by atoms with van der Waals surface area (Å²) in [6.45, 7) is 7.16. The standard InChI is InChI=1S/C17H21NO/c1-17(2,3)12-18(4)16(19)15-10-9-13-7-5-6-8-14(13)11-15/h5-11H,12H2,1-4H3. The Kier molecular flexibility index (Phi) is 3.61. The first kappa shape index (κ1) is 13.6. The molecule has 1 amide bonds. The van der Waals surface area contributed by atoms with E-state index in [9.17, 15) is 4.79 Å². The van der Waals surface area contributed by atoms with E-state index in [4.69, 9.17) is 0 Å². The van der Waals surface area contributed by atoms with Crippen LogP contribution in [0.2, 0.25) is 0 Å². The second-order valence-corrected chi connectivity index (χ2v) is 6.28. The van der Waals surface area contributed by atoms with Gasteiger partial charge in [-0.05, 0) is 28.3 Å². The molecule has 2 nitrogen and oxygen atoms in total. The third kappa shape index (κ3) is 3.34. The van der Waals surface area contributed by atoms with Crippen molar-refractivity contribution in [1.29, 1.82) is 0 Å². The third-order valence-electron chi connectivity index (χ3n) is 3.05. The lowest BCUT2D eigenvalue weighted by atomic mass is 9.96. The maximum Gasteiger partial charge on any atom is 0.253 e. The van der Waals surface area contributed by atoms with Crippen molar-refractivity contribution in [3.8, 4) is 0 Å². The average molecular weight is 255 g/mol. The van der Waals surface area contributed by atoms with Crippen molar-refractivity contribution >= 4 is 16.7 Å². The fraction of sp³-hybridized carbons (Fsp3) is 0.353. The van der Waals surface area contributed by atoms with E-state index in [1.807, 2.05) is 43.4 Å². The molecule has 0 heterocycles. The van der Waals surface area contributed by atoms with E-state index < -0.39 is 0 Å².